The van der Waals surface area contributed by atoms with E-state index in [0.717, 1.165) is 11.3 Å². The fourth-order valence-electron chi connectivity index (χ4n) is 1.94. The molecule has 1 heterocycles. The van der Waals surface area contributed by atoms with Crippen molar-refractivity contribution < 1.29 is 14.8 Å². The highest BCUT2D eigenvalue weighted by Crippen LogP contribution is 2.31. The van der Waals surface area contributed by atoms with Gasteiger partial charge in [-0.15, -0.1) is 0 Å². The molecule has 0 amide bonds. The molecule has 1 aromatic heterocycles. The number of rotatable bonds is 5. The molecule has 0 radical (unpaired) electrons. The minimum Gasteiger partial charge on any atom is -0.496 e. The maximum atomic E-state index is 10.9. The fraction of sp³-hybridized carbons (Fsp3) is 0.214. The maximum Gasteiger partial charge on any atom is 0.260 e. The van der Waals surface area contributed by atoms with E-state index in [0.29, 0.717) is 11.3 Å². The topological polar surface area (TPSA) is 85.5 Å². The number of aromatic nitrogens is 1. The molecule has 6 heteroatoms. The lowest BCUT2D eigenvalue weighted by molar-refractivity contribution is -0.532. The van der Waals surface area contributed by atoms with Gasteiger partial charge in [-0.1, -0.05) is 12.1 Å². The summed E-state index contributed by atoms with van der Waals surface area (Å²) >= 11 is 0. The summed E-state index contributed by atoms with van der Waals surface area (Å²) in [4.78, 5) is 14.6. The quantitative estimate of drug-likeness (QED) is 0.666. The highest BCUT2D eigenvalue weighted by atomic mass is 16.6. The normalized spacial score (nSPS) is 11.9. The second kappa shape index (κ2) is 6.12. The summed E-state index contributed by atoms with van der Waals surface area (Å²) in [5.74, 6) is 0.488. The molecule has 0 fully saturated rings. The van der Waals surface area contributed by atoms with Gasteiger partial charge in [0.05, 0.1) is 12.8 Å². The molecule has 0 saturated carbocycles. The Morgan fingerprint density at radius 2 is 2.20 bits per heavy atom. The molecule has 1 aromatic carbocycles. The minimum atomic E-state index is -1.15. The van der Waals surface area contributed by atoms with Crippen molar-refractivity contribution >= 4 is 0 Å². The van der Waals surface area contributed by atoms with Gasteiger partial charge in [-0.2, -0.15) is 0 Å². The van der Waals surface area contributed by atoms with E-state index in [1.165, 1.54) is 7.11 Å². The van der Waals surface area contributed by atoms with Crippen LogP contribution in [0.5, 0.6) is 5.75 Å². The van der Waals surface area contributed by atoms with Crippen LogP contribution in [0.2, 0.25) is 0 Å². The van der Waals surface area contributed by atoms with E-state index in [9.17, 15) is 10.1 Å². The van der Waals surface area contributed by atoms with Crippen molar-refractivity contribution in [3.8, 4) is 17.0 Å². The van der Waals surface area contributed by atoms with Gasteiger partial charge in [0.25, 0.3) is 6.04 Å². The Labute approximate surface area is 115 Å². The smallest absolute Gasteiger partial charge is 0.260 e. The summed E-state index contributed by atoms with van der Waals surface area (Å²) in [6, 6.07) is 9.21. The third-order valence-electron chi connectivity index (χ3n) is 2.98. The summed E-state index contributed by atoms with van der Waals surface area (Å²) in [7, 11) is 1.49. The zero-order valence-electron chi connectivity index (χ0n) is 10.9. The number of aliphatic hydroxyl groups excluding tert-OH is 1. The van der Waals surface area contributed by atoms with Gasteiger partial charge in [-0.3, -0.25) is 15.1 Å². The van der Waals surface area contributed by atoms with E-state index >= 15 is 0 Å². The molecule has 20 heavy (non-hydrogen) atoms. The Bertz CT molecular complexity index is 601. The van der Waals surface area contributed by atoms with Gasteiger partial charge in [-0.25, -0.2) is 0 Å². The van der Waals surface area contributed by atoms with E-state index in [2.05, 4.69) is 4.98 Å². The van der Waals surface area contributed by atoms with Crippen molar-refractivity contribution in [3.63, 3.8) is 0 Å². The van der Waals surface area contributed by atoms with Crippen LogP contribution in [0.1, 0.15) is 11.6 Å². The lowest BCUT2D eigenvalue weighted by Crippen LogP contribution is -2.14. The van der Waals surface area contributed by atoms with E-state index < -0.39 is 17.6 Å². The van der Waals surface area contributed by atoms with Crippen molar-refractivity contribution in [3.05, 3.63) is 58.3 Å². The van der Waals surface area contributed by atoms with E-state index in [-0.39, 0.29) is 0 Å². The first-order valence-electron chi connectivity index (χ1n) is 6.01. The molecule has 0 aliphatic heterocycles. The van der Waals surface area contributed by atoms with Crippen molar-refractivity contribution in [2.45, 2.75) is 6.04 Å². The lowest BCUT2D eigenvalue weighted by atomic mass is 10.0. The fourth-order valence-corrected chi connectivity index (χ4v) is 1.94. The van der Waals surface area contributed by atoms with Gasteiger partial charge < -0.3 is 9.84 Å². The Balaban J connectivity index is 2.46. The number of hydrogen-bond acceptors (Lipinski definition) is 5. The van der Waals surface area contributed by atoms with E-state index in [1.54, 1.807) is 30.5 Å². The minimum absolute atomic E-state index is 0.397. The van der Waals surface area contributed by atoms with Gasteiger partial charge in [0.1, 0.15) is 12.4 Å². The molecule has 1 unspecified atom stereocenters. The van der Waals surface area contributed by atoms with Crippen molar-refractivity contribution in [1.82, 2.24) is 4.98 Å². The number of aliphatic hydroxyl groups is 1. The van der Waals surface area contributed by atoms with Gasteiger partial charge in [0, 0.05) is 22.2 Å². The summed E-state index contributed by atoms with van der Waals surface area (Å²) in [5.41, 5.74) is 1.86. The molecule has 2 rings (SSSR count). The maximum absolute atomic E-state index is 10.9. The predicted molar refractivity (Wildman–Crippen MR) is 73.0 cm³/mol. The molecule has 0 aliphatic rings. The Morgan fingerprint density at radius 1 is 1.40 bits per heavy atom. The third kappa shape index (κ3) is 2.75. The first-order chi connectivity index (χ1) is 9.67. The molecular formula is C14H14N2O4. The number of nitro groups is 1. The van der Waals surface area contributed by atoms with Crippen molar-refractivity contribution in [1.29, 1.82) is 0 Å². The second-order valence-corrected chi connectivity index (χ2v) is 4.16. The van der Waals surface area contributed by atoms with Gasteiger partial charge in [0.15, 0.2) is 0 Å². The molecule has 0 aliphatic carbocycles. The van der Waals surface area contributed by atoms with Crippen LogP contribution in [0.25, 0.3) is 11.3 Å². The number of hydrogen-bond donors (Lipinski definition) is 1. The zero-order chi connectivity index (χ0) is 14.5. The zero-order valence-corrected chi connectivity index (χ0v) is 10.9. The average molecular weight is 274 g/mol. The Morgan fingerprint density at radius 3 is 2.75 bits per heavy atom. The van der Waals surface area contributed by atoms with Gasteiger partial charge in [-0.05, 0) is 24.3 Å². The summed E-state index contributed by atoms with van der Waals surface area (Å²) in [5, 5.41) is 20.0. The summed E-state index contributed by atoms with van der Waals surface area (Å²) in [6.45, 7) is -0.556. The number of methoxy groups -OCH3 is 1. The number of benzene rings is 1. The standard InChI is InChI=1S/C14H14N2O4/c1-20-14-8-10(13(9-17)16(18)19)5-6-11(14)12-4-2-3-7-15-12/h2-8,13,17H,9H2,1H3. The second-order valence-electron chi connectivity index (χ2n) is 4.16. The lowest BCUT2D eigenvalue weighted by Gasteiger charge is -2.12. The van der Waals surface area contributed by atoms with Crippen LogP contribution in [-0.4, -0.2) is 28.7 Å². The highest BCUT2D eigenvalue weighted by molar-refractivity contribution is 5.67. The highest BCUT2D eigenvalue weighted by Gasteiger charge is 2.23. The van der Waals surface area contributed by atoms with Crippen LogP contribution in [0.15, 0.2) is 42.6 Å². The molecular weight excluding hydrogens is 260 g/mol. The molecule has 6 nitrogen and oxygen atoms in total. The monoisotopic (exact) mass is 274 g/mol. The first-order valence-corrected chi connectivity index (χ1v) is 6.01. The van der Waals surface area contributed by atoms with Crippen molar-refractivity contribution in [2.75, 3.05) is 13.7 Å². The Hall–Kier alpha value is -2.47. The van der Waals surface area contributed by atoms with Crippen LogP contribution in [-0.2, 0) is 0 Å². The summed E-state index contributed by atoms with van der Waals surface area (Å²) in [6.07, 6.45) is 1.66. The molecule has 0 bridgehead atoms. The first kappa shape index (κ1) is 14.0. The Kier molecular flexibility index (Phi) is 4.27. The SMILES string of the molecule is COc1cc(C(CO)[N+](=O)[O-])ccc1-c1ccccn1. The van der Waals surface area contributed by atoms with Crippen LogP contribution >= 0.6 is 0 Å². The number of nitrogens with zero attached hydrogens (tertiary/aromatic N) is 2. The van der Waals surface area contributed by atoms with Crippen LogP contribution in [0.3, 0.4) is 0 Å². The predicted octanol–water partition coefficient (Wildman–Crippen LogP) is 2.07. The number of pyridine rings is 1. The van der Waals surface area contributed by atoms with Crippen LogP contribution < -0.4 is 4.74 Å². The number of ether oxygens (including phenoxy) is 1. The van der Waals surface area contributed by atoms with Crippen LogP contribution in [0, 0.1) is 10.1 Å². The molecule has 2 aromatic rings. The largest absolute Gasteiger partial charge is 0.496 e. The van der Waals surface area contributed by atoms with Gasteiger partial charge >= 0.3 is 0 Å². The molecule has 0 saturated heterocycles. The molecule has 1 atom stereocenters. The average Bonchev–Trinajstić information content (AvgIpc) is 2.48. The van der Waals surface area contributed by atoms with Crippen LogP contribution in [0.4, 0.5) is 0 Å². The van der Waals surface area contributed by atoms with Crippen molar-refractivity contribution in [2.24, 2.45) is 0 Å². The molecule has 104 valence electrons. The molecule has 1 N–H and O–H groups in total. The summed E-state index contributed by atoms with van der Waals surface area (Å²) < 4.78 is 5.27. The third-order valence-corrected chi connectivity index (χ3v) is 2.98. The van der Waals surface area contributed by atoms with E-state index in [1.807, 2.05) is 12.1 Å². The van der Waals surface area contributed by atoms with E-state index in [4.69, 9.17) is 9.84 Å². The van der Waals surface area contributed by atoms with Gasteiger partial charge in [0.2, 0.25) is 0 Å². The molecule has 0 spiro atoms.